The number of benzene rings is 3. The average molecular weight is 465 g/mol. The number of para-hydroxylation sites is 1. The maximum Gasteiger partial charge on any atom is 0.323 e. The first kappa shape index (κ1) is 22.3. The van der Waals surface area contributed by atoms with Crippen LogP contribution in [0, 0.1) is 0 Å². The molecule has 0 bridgehead atoms. The van der Waals surface area contributed by atoms with Gasteiger partial charge in [-0.15, -0.1) is 0 Å². The van der Waals surface area contributed by atoms with Crippen LogP contribution in [0.4, 0.5) is 5.69 Å². The summed E-state index contributed by atoms with van der Waals surface area (Å²) in [4.78, 5) is 29.2. The van der Waals surface area contributed by atoms with E-state index in [2.05, 4.69) is 32.1 Å². The normalized spacial score (nSPS) is 11.4. The van der Waals surface area contributed by atoms with Crippen molar-refractivity contribution in [3.63, 3.8) is 0 Å². The molecule has 3 aromatic carbocycles. The molecule has 9 heteroatoms. The number of aromatic amines is 2. The summed E-state index contributed by atoms with van der Waals surface area (Å²) in [6.07, 6.45) is 2.68. The Balaban J connectivity index is 1.40. The standard InChI is InChI=1S/C24H24N4O4S/c29-23(25-15-7-6-10-17-8-2-1-3-9-17)19-11-4-5-12-20(19)28-33(31,32)18-13-14-21-22(16-18)27-24(30)26-21/h1-5,8-9,11-14,16,28H,6-7,10,15H2,(H,25,29)(H2,26,27,30). The van der Waals surface area contributed by atoms with E-state index in [0.29, 0.717) is 17.6 Å². The molecule has 0 aliphatic rings. The number of carbonyl (C=O) groups is 1. The highest BCUT2D eigenvalue weighted by atomic mass is 32.2. The van der Waals surface area contributed by atoms with Crippen molar-refractivity contribution in [1.82, 2.24) is 15.3 Å². The maximum absolute atomic E-state index is 12.9. The van der Waals surface area contributed by atoms with Gasteiger partial charge in [-0.05, 0) is 55.2 Å². The minimum atomic E-state index is -3.98. The minimum Gasteiger partial charge on any atom is -0.352 e. The number of imidazole rings is 1. The molecule has 4 aromatic rings. The Hall–Kier alpha value is -3.85. The van der Waals surface area contributed by atoms with Crippen molar-refractivity contribution in [2.75, 3.05) is 11.3 Å². The Kier molecular flexibility index (Phi) is 6.60. The molecule has 0 unspecified atom stereocenters. The number of rotatable bonds is 9. The fourth-order valence-electron chi connectivity index (χ4n) is 3.55. The van der Waals surface area contributed by atoms with E-state index in [0.717, 1.165) is 19.3 Å². The summed E-state index contributed by atoms with van der Waals surface area (Å²) in [6, 6.07) is 20.9. The number of amides is 1. The lowest BCUT2D eigenvalue weighted by Gasteiger charge is -2.13. The van der Waals surface area contributed by atoms with Gasteiger partial charge < -0.3 is 15.3 Å². The highest BCUT2D eigenvalue weighted by molar-refractivity contribution is 7.92. The van der Waals surface area contributed by atoms with Gasteiger partial charge >= 0.3 is 5.69 Å². The van der Waals surface area contributed by atoms with E-state index < -0.39 is 15.7 Å². The molecule has 0 radical (unpaired) electrons. The second-order valence-electron chi connectivity index (χ2n) is 7.64. The Morgan fingerprint density at radius 1 is 0.848 bits per heavy atom. The van der Waals surface area contributed by atoms with Crippen molar-refractivity contribution in [1.29, 1.82) is 0 Å². The van der Waals surface area contributed by atoms with Crippen molar-refractivity contribution >= 4 is 32.7 Å². The van der Waals surface area contributed by atoms with Gasteiger partial charge in [0.2, 0.25) is 0 Å². The van der Waals surface area contributed by atoms with Crippen LogP contribution < -0.4 is 15.7 Å². The van der Waals surface area contributed by atoms with Crippen LogP contribution in [0.2, 0.25) is 0 Å². The molecule has 170 valence electrons. The predicted molar refractivity (Wildman–Crippen MR) is 128 cm³/mol. The third-order valence-electron chi connectivity index (χ3n) is 5.23. The fraction of sp³-hybridized carbons (Fsp3) is 0.167. The summed E-state index contributed by atoms with van der Waals surface area (Å²) in [5.74, 6) is -0.349. The lowest BCUT2D eigenvalue weighted by atomic mass is 10.1. The molecular formula is C24H24N4O4S. The second-order valence-corrected chi connectivity index (χ2v) is 9.32. The van der Waals surface area contributed by atoms with Gasteiger partial charge in [0.05, 0.1) is 27.2 Å². The molecular weight excluding hydrogens is 440 g/mol. The number of carbonyl (C=O) groups excluding carboxylic acids is 1. The van der Waals surface area contributed by atoms with Gasteiger partial charge in [-0.1, -0.05) is 42.5 Å². The van der Waals surface area contributed by atoms with E-state index in [1.54, 1.807) is 24.3 Å². The Bertz CT molecular complexity index is 1430. The van der Waals surface area contributed by atoms with Crippen LogP contribution >= 0.6 is 0 Å². The Morgan fingerprint density at radius 3 is 2.39 bits per heavy atom. The van der Waals surface area contributed by atoms with Gasteiger partial charge in [0.15, 0.2) is 0 Å². The third kappa shape index (κ3) is 5.50. The summed E-state index contributed by atoms with van der Waals surface area (Å²) >= 11 is 0. The number of fused-ring (bicyclic) bond motifs is 1. The van der Waals surface area contributed by atoms with Crippen LogP contribution in [-0.2, 0) is 16.4 Å². The molecule has 0 spiro atoms. The van der Waals surface area contributed by atoms with Crippen molar-refractivity contribution in [3.8, 4) is 0 Å². The van der Waals surface area contributed by atoms with Gasteiger partial charge in [-0.3, -0.25) is 9.52 Å². The van der Waals surface area contributed by atoms with E-state index in [9.17, 15) is 18.0 Å². The number of hydrogen-bond donors (Lipinski definition) is 4. The average Bonchev–Trinajstić information content (AvgIpc) is 3.19. The number of nitrogens with one attached hydrogen (secondary N) is 4. The zero-order valence-corrected chi connectivity index (χ0v) is 18.6. The summed E-state index contributed by atoms with van der Waals surface area (Å²) in [5.41, 5.74) is 2.14. The summed E-state index contributed by atoms with van der Waals surface area (Å²) < 4.78 is 28.3. The molecule has 33 heavy (non-hydrogen) atoms. The number of aromatic nitrogens is 2. The summed E-state index contributed by atoms with van der Waals surface area (Å²) in [6.45, 7) is 0.490. The SMILES string of the molecule is O=C(NCCCCc1ccccc1)c1ccccc1NS(=O)(=O)c1ccc2[nH]c(=O)[nH]c2c1. The van der Waals surface area contributed by atoms with Gasteiger partial charge in [0, 0.05) is 6.54 Å². The number of sulfonamides is 1. The monoisotopic (exact) mass is 464 g/mol. The first-order valence-electron chi connectivity index (χ1n) is 10.6. The molecule has 1 amide bonds. The van der Waals surface area contributed by atoms with Crippen LogP contribution in [0.5, 0.6) is 0 Å². The molecule has 0 saturated heterocycles. The summed E-state index contributed by atoms with van der Waals surface area (Å²) in [5, 5.41) is 2.86. The van der Waals surface area contributed by atoms with Crippen molar-refractivity contribution in [3.05, 3.63) is 94.4 Å². The molecule has 0 atom stereocenters. The Morgan fingerprint density at radius 2 is 1.58 bits per heavy atom. The van der Waals surface area contributed by atoms with Crippen LogP contribution in [0.3, 0.4) is 0 Å². The van der Waals surface area contributed by atoms with Crippen molar-refractivity contribution in [2.45, 2.75) is 24.2 Å². The molecule has 0 fully saturated rings. The van der Waals surface area contributed by atoms with Crippen molar-refractivity contribution < 1.29 is 13.2 Å². The van der Waals surface area contributed by atoms with Gasteiger partial charge in [-0.2, -0.15) is 0 Å². The van der Waals surface area contributed by atoms with Crippen LogP contribution in [0.1, 0.15) is 28.8 Å². The minimum absolute atomic E-state index is 0.0265. The third-order valence-corrected chi connectivity index (χ3v) is 6.60. The van der Waals surface area contributed by atoms with Crippen LogP contribution in [0.15, 0.2) is 82.5 Å². The molecule has 0 saturated carbocycles. The van der Waals surface area contributed by atoms with Gasteiger partial charge in [0.25, 0.3) is 15.9 Å². The molecule has 0 aliphatic heterocycles. The van der Waals surface area contributed by atoms with Crippen molar-refractivity contribution in [2.24, 2.45) is 0 Å². The number of H-pyrrole nitrogens is 2. The van der Waals surface area contributed by atoms with E-state index in [1.807, 2.05) is 18.2 Å². The van der Waals surface area contributed by atoms with E-state index >= 15 is 0 Å². The molecule has 1 aromatic heterocycles. The molecule has 1 heterocycles. The van der Waals surface area contributed by atoms with E-state index in [-0.39, 0.29) is 22.1 Å². The van der Waals surface area contributed by atoms with Gasteiger partial charge in [0.1, 0.15) is 0 Å². The largest absolute Gasteiger partial charge is 0.352 e. The molecule has 4 N–H and O–H groups in total. The highest BCUT2D eigenvalue weighted by Gasteiger charge is 2.19. The van der Waals surface area contributed by atoms with Crippen LogP contribution in [-0.4, -0.2) is 30.8 Å². The quantitative estimate of drug-likeness (QED) is 0.283. The zero-order chi connectivity index (χ0) is 23.3. The van der Waals surface area contributed by atoms with E-state index in [1.165, 1.54) is 23.8 Å². The number of hydrogen-bond acceptors (Lipinski definition) is 4. The maximum atomic E-state index is 12.9. The predicted octanol–water partition coefficient (Wildman–Crippen LogP) is 3.41. The molecule has 8 nitrogen and oxygen atoms in total. The smallest absolute Gasteiger partial charge is 0.323 e. The van der Waals surface area contributed by atoms with Gasteiger partial charge in [-0.25, -0.2) is 13.2 Å². The second kappa shape index (κ2) is 9.74. The van der Waals surface area contributed by atoms with Crippen LogP contribution in [0.25, 0.3) is 11.0 Å². The molecule has 4 rings (SSSR count). The first-order valence-corrected chi connectivity index (χ1v) is 12.1. The van der Waals surface area contributed by atoms with E-state index in [4.69, 9.17) is 0 Å². The topological polar surface area (TPSA) is 124 Å². The summed E-state index contributed by atoms with van der Waals surface area (Å²) in [7, 11) is -3.98. The molecule has 0 aliphatic carbocycles. The number of unbranched alkanes of at least 4 members (excludes halogenated alkanes) is 1. The zero-order valence-electron chi connectivity index (χ0n) is 17.8. The number of anilines is 1. The first-order chi connectivity index (χ1) is 15.9. The Labute approximate surface area is 191 Å². The lowest BCUT2D eigenvalue weighted by molar-refractivity contribution is 0.0954. The number of aryl methyl sites for hydroxylation is 1. The highest BCUT2D eigenvalue weighted by Crippen LogP contribution is 2.22. The lowest BCUT2D eigenvalue weighted by Crippen LogP contribution is -2.26. The fourth-order valence-corrected chi connectivity index (χ4v) is 4.65.